The first-order valence-electron chi connectivity index (χ1n) is 7.48. The van der Waals surface area contributed by atoms with E-state index >= 15 is 0 Å². The van der Waals surface area contributed by atoms with Gasteiger partial charge in [0.25, 0.3) is 5.91 Å². The highest BCUT2D eigenvalue weighted by Gasteiger charge is 2.29. The molecule has 1 saturated carbocycles. The Kier molecular flexibility index (Phi) is 3.19. The fourth-order valence-electron chi connectivity index (χ4n) is 2.71. The third kappa shape index (κ3) is 2.20. The molecule has 0 aliphatic heterocycles. The highest BCUT2D eigenvalue weighted by molar-refractivity contribution is 7.17. The molecule has 4 rings (SSSR count). The molecular weight excluding hydrogens is 292 g/mol. The van der Waals surface area contributed by atoms with Gasteiger partial charge in [0.2, 0.25) is 0 Å². The largest absolute Gasteiger partial charge is 0.312 e. The number of aromatic nitrogens is 1. The number of nitrogens with zero attached hydrogens (tertiary/aromatic N) is 2. The summed E-state index contributed by atoms with van der Waals surface area (Å²) in [4.78, 5) is 17.2. The Morgan fingerprint density at radius 1 is 1.32 bits per heavy atom. The number of hydrogen-bond donors (Lipinski definition) is 0. The Morgan fingerprint density at radius 2 is 2.14 bits per heavy atom. The van der Waals surface area contributed by atoms with Gasteiger partial charge in [-0.1, -0.05) is 47.7 Å². The lowest BCUT2D eigenvalue weighted by Crippen LogP contribution is -2.16. The van der Waals surface area contributed by atoms with Gasteiger partial charge < -0.3 is 4.57 Å². The van der Waals surface area contributed by atoms with E-state index in [0.717, 1.165) is 23.2 Å². The number of carbonyl (C=O) groups excluding carboxylic acids is 1. The Balaban J connectivity index is 2.02. The van der Waals surface area contributed by atoms with Crippen molar-refractivity contribution in [1.29, 1.82) is 0 Å². The topological polar surface area (TPSA) is 34.4 Å². The molecule has 3 nitrogen and oxygen atoms in total. The molecule has 1 aliphatic carbocycles. The van der Waals surface area contributed by atoms with Crippen LogP contribution in [0.2, 0.25) is 0 Å². The molecule has 2 aromatic carbocycles. The van der Waals surface area contributed by atoms with Crippen molar-refractivity contribution >= 4 is 38.2 Å². The van der Waals surface area contributed by atoms with E-state index in [9.17, 15) is 4.79 Å². The van der Waals surface area contributed by atoms with Crippen molar-refractivity contribution in [2.24, 2.45) is 10.9 Å². The normalized spacial score (nSPS) is 15.5. The van der Waals surface area contributed by atoms with Crippen LogP contribution in [-0.4, -0.2) is 10.5 Å². The predicted molar refractivity (Wildman–Crippen MR) is 90.8 cm³/mol. The first-order valence-corrected chi connectivity index (χ1v) is 8.30. The Bertz CT molecular complexity index is 960. The zero-order valence-corrected chi connectivity index (χ0v) is 13.0. The highest BCUT2D eigenvalue weighted by atomic mass is 32.1. The summed E-state index contributed by atoms with van der Waals surface area (Å²) in [6, 6.07) is 12.6. The fourth-order valence-corrected chi connectivity index (χ4v) is 3.89. The van der Waals surface area contributed by atoms with Gasteiger partial charge in [0, 0.05) is 17.8 Å². The molecule has 0 N–H and O–H groups in total. The van der Waals surface area contributed by atoms with Gasteiger partial charge in [0.15, 0.2) is 4.80 Å². The van der Waals surface area contributed by atoms with E-state index in [2.05, 4.69) is 40.4 Å². The molecule has 1 fully saturated rings. The van der Waals surface area contributed by atoms with Crippen LogP contribution < -0.4 is 4.80 Å². The van der Waals surface area contributed by atoms with Crippen molar-refractivity contribution in [2.45, 2.75) is 19.4 Å². The van der Waals surface area contributed by atoms with E-state index in [1.807, 2.05) is 18.2 Å². The van der Waals surface area contributed by atoms with E-state index in [1.54, 1.807) is 11.3 Å². The molecule has 110 valence electrons. The lowest BCUT2D eigenvalue weighted by atomic mass is 10.1. The number of carbonyl (C=O) groups is 1. The van der Waals surface area contributed by atoms with E-state index in [0.29, 0.717) is 6.54 Å². The van der Waals surface area contributed by atoms with Crippen molar-refractivity contribution in [3.8, 4) is 0 Å². The maximum Gasteiger partial charge on any atom is 0.251 e. The third-order valence-electron chi connectivity index (χ3n) is 4.02. The SMILES string of the molecule is C=CCn1c(=NC(=O)C2CC2)sc2c3ccccc3ccc21. The van der Waals surface area contributed by atoms with E-state index in [4.69, 9.17) is 0 Å². The van der Waals surface area contributed by atoms with Gasteiger partial charge in [-0.3, -0.25) is 4.79 Å². The predicted octanol–water partition coefficient (Wildman–Crippen LogP) is 3.88. The summed E-state index contributed by atoms with van der Waals surface area (Å²) in [6.45, 7) is 4.49. The number of fused-ring (bicyclic) bond motifs is 3. The minimum atomic E-state index is 0.0219. The standard InChI is InChI=1S/C18H16N2OS/c1-2-11-20-15-10-9-12-5-3-4-6-14(12)16(15)22-18(20)19-17(21)13-7-8-13/h2-6,9-10,13H,1,7-8,11H2. The maximum atomic E-state index is 12.1. The molecule has 0 atom stereocenters. The minimum Gasteiger partial charge on any atom is -0.312 e. The van der Waals surface area contributed by atoms with Crippen LogP contribution in [0.3, 0.4) is 0 Å². The Hall–Kier alpha value is -2.20. The molecular formula is C18H16N2OS. The molecule has 4 heteroatoms. The van der Waals surface area contributed by atoms with Crippen LogP contribution in [0.15, 0.2) is 54.0 Å². The summed E-state index contributed by atoms with van der Waals surface area (Å²) in [5.41, 5.74) is 1.12. The van der Waals surface area contributed by atoms with Crippen molar-refractivity contribution in [1.82, 2.24) is 4.57 Å². The van der Waals surface area contributed by atoms with Gasteiger partial charge in [0.05, 0.1) is 10.2 Å². The lowest BCUT2D eigenvalue weighted by molar-refractivity contribution is -0.119. The molecule has 1 amide bonds. The molecule has 0 bridgehead atoms. The second-order valence-electron chi connectivity index (χ2n) is 5.64. The van der Waals surface area contributed by atoms with Crippen LogP contribution in [0.5, 0.6) is 0 Å². The van der Waals surface area contributed by atoms with Crippen molar-refractivity contribution in [3.63, 3.8) is 0 Å². The Labute approximate surface area is 132 Å². The van der Waals surface area contributed by atoms with Crippen LogP contribution in [0.25, 0.3) is 21.0 Å². The van der Waals surface area contributed by atoms with Gasteiger partial charge in [-0.05, 0) is 24.3 Å². The number of rotatable bonds is 3. The number of amides is 1. The molecule has 22 heavy (non-hydrogen) atoms. The molecule has 1 aliphatic rings. The Morgan fingerprint density at radius 3 is 2.91 bits per heavy atom. The number of hydrogen-bond acceptors (Lipinski definition) is 2. The van der Waals surface area contributed by atoms with Crippen LogP contribution >= 0.6 is 11.3 Å². The van der Waals surface area contributed by atoms with Gasteiger partial charge in [-0.2, -0.15) is 4.99 Å². The minimum absolute atomic E-state index is 0.0219. The van der Waals surface area contributed by atoms with Crippen molar-refractivity contribution < 1.29 is 4.79 Å². The quantitative estimate of drug-likeness (QED) is 0.676. The summed E-state index contributed by atoms with van der Waals surface area (Å²) >= 11 is 1.59. The van der Waals surface area contributed by atoms with Gasteiger partial charge in [-0.15, -0.1) is 6.58 Å². The zero-order valence-electron chi connectivity index (χ0n) is 12.2. The number of allylic oxidation sites excluding steroid dienone is 1. The fraction of sp³-hybridized carbons (Fsp3) is 0.222. The van der Waals surface area contributed by atoms with Gasteiger partial charge in [-0.25, -0.2) is 0 Å². The second kappa shape index (κ2) is 5.21. The molecule has 1 aromatic heterocycles. The van der Waals surface area contributed by atoms with Crippen molar-refractivity contribution in [2.75, 3.05) is 0 Å². The number of thiazole rings is 1. The average molecular weight is 308 g/mol. The van der Waals surface area contributed by atoms with Gasteiger partial charge >= 0.3 is 0 Å². The summed E-state index contributed by atoms with van der Waals surface area (Å²) < 4.78 is 3.27. The summed E-state index contributed by atoms with van der Waals surface area (Å²) in [6.07, 6.45) is 3.82. The van der Waals surface area contributed by atoms with E-state index < -0.39 is 0 Å². The van der Waals surface area contributed by atoms with Crippen LogP contribution in [-0.2, 0) is 11.3 Å². The summed E-state index contributed by atoms with van der Waals surface area (Å²) in [5, 5.41) is 2.42. The van der Waals surface area contributed by atoms with Crippen LogP contribution in [0.4, 0.5) is 0 Å². The molecule has 0 saturated heterocycles. The van der Waals surface area contributed by atoms with Crippen molar-refractivity contribution in [3.05, 3.63) is 53.9 Å². The van der Waals surface area contributed by atoms with E-state index in [-0.39, 0.29) is 11.8 Å². The van der Waals surface area contributed by atoms with Crippen LogP contribution in [0.1, 0.15) is 12.8 Å². The summed E-state index contributed by atoms with van der Waals surface area (Å²) in [7, 11) is 0. The number of benzene rings is 2. The summed E-state index contributed by atoms with van der Waals surface area (Å²) in [5.74, 6) is 0.174. The average Bonchev–Trinajstić information content (AvgIpc) is 3.33. The lowest BCUT2D eigenvalue weighted by Gasteiger charge is -2.02. The third-order valence-corrected chi connectivity index (χ3v) is 5.15. The molecule has 3 aromatic rings. The van der Waals surface area contributed by atoms with E-state index in [1.165, 1.54) is 15.5 Å². The first-order chi connectivity index (χ1) is 10.8. The first kappa shape index (κ1) is 13.5. The van der Waals surface area contributed by atoms with Crippen LogP contribution in [0, 0.1) is 5.92 Å². The molecule has 0 radical (unpaired) electrons. The monoisotopic (exact) mass is 308 g/mol. The second-order valence-corrected chi connectivity index (χ2v) is 6.62. The molecule has 1 heterocycles. The highest BCUT2D eigenvalue weighted by Crippen LogP contribution is 2.31. The van der Waals surface area contributed by atoms with Gasteiger partial charge in [0.1, 0.15) is 0 Å². The molecule has 0 unspecified atom stereocenters. The molecule has 0 spiro atoms. The smallest absolute Gasteiger partial charge is 0.251 e. The maximum absolute atomic E-state index is 12.1. The zero-order chi connectivity index (χ0) is 15.1.